The summed E-state index contributed by atoms with van der Waals surface area (Å²) in [5, 5.41) is 6.33. The smallest absolute Gasteiger partial charge is 0.323 e. The summed E-state index contributed by atoms with van der Waals surface area (Å²) in [5.41, 5.74) is 8.02. The molecule has 0 saturated carbocycles. The molecule has 0 saturated heterocycles. The molecule has 6 heteroatoms. The first-order valence-electron chi connectivity index (χ1n) is 9.41. The normalized spacial score (nSPS) is 12.3. The largest absolute Gasteiger partial charge is 0.384 e. The first-order valence-corrected chi connectivity index (χ1v) is 8.41. The van der Waals surface area contributed by atoms with Gasteiger partial charge in [-0.15, -0.1) is 0 Å². The van der Waals surface area contributed by atoms with Crippen molar-refractivity contribution in [2.75, 3.05) is 16.4 Å². The monoisotopic (exact) mass is 359 g/mol. The minimum Gasteiger partial charge on any atom is -0.384 e. The Balaban J connectivity index is 1.65. The zero-order valence-corrected chi connectivity index (χ0v) is 14.4. The lowest BCUT2D eigenvalue weighted by Crippen LogP contribution is -2.19. The number of nitrogen functional groups attached to an aromatic ring is 1. The zero-order valence-electron chi connectivity index (χ0n) is 16.4. The average molecular weight is 359 g/mol. The van der Waals surface area contributed by atoms with E-state index in [1.807, 2.05) is 18.2 Å². The van der Waals surface area contributed by atoms with Gasteiger partial charge in [-0.1, -0.05) is 24.3 Å². The van der Waals surface area contributed by atoms with Crippen molar-refractivity contribution in [1.29, 1.82) is 0 Å². The zero-order chi connectivity index (χ0) is 20.4. The van der Waals surface area contributed by atoms with E-state index < -0.39 is 6.50 Å². The molecule has 2 aromatic carbocycles. The second-order valence-corrected chi connectivity index (χ2v) is 5.95. The third-order valence-corrected chi connectivity index (χ3v) is 4.04. The fraction of sp³-hybridized carbons (Fsp3) is 0.0476. The molecule has 2 heterocycles. The quantitative estimate of drug-likeness (QED) is 0.507. The molecule has 0 radical (unpaired) electrons. The second-order valence-electron chi connectivity index (χ2n) is 5.95. The number of amides is 2. The molecule has 4 rings (SSSR count). The van der Waals surface area contributed by atoms with Crippen molar-refractivity contribution in [2.24, 2.45) is 0 Å². The molecule has 0 fully saturated rings. The van der Waals surface area contributed by atoms with Crippen LogP contribution >= 0.6 is 0 Å². The van der Waals surface area contributed by atoms with Crippen LogP contribution < -0.4 is 16.4 Å². The fourth-order valence-corrected chi connectivity index (χ4v) is 2.84. The van der Waals surface area contributed by atoms with Gasteiger partial charge in [0.05, 0.1) is 13.9 Å². The van der Waals surface area contributed by atoms with Gasteiger partial charge in [-0.25, -0.2) is 9.78 Å². The highest BCUT2D eigenvalue weighted by Gasteiger charge is 2.09. The van der Waals surface area contributed by atoms with Gasteiger partial charge in [0.2, 0.25) is 0 Å². The number of urea groups is 1. The molecule has 0 aliphatic carbocycles. The molecule has 0 aliphatic heterocycles. The number of carbonyl (C=O) groups is 1. The molecule has 0 atom stereocenters. The van der Waals surface area contributed by atoms with E-state index in [9.17, 15) is 4.79 Å². The van der Waals surface area contributed by atoms with Crippen LogP contribution in [0.2, 0.25) is 0 Å². The third kappa shape index (κ3) is 3.74. The molecule has 0 bridgehead atoms. The maximum atomic E-state index is 12.4. The Hall–Kier alpha value is -3.80. The number of carbonyl (C=O) groups excluding carboxylic acids is 1. The van der Waals surface area contributed by atoms with Crippen molar-refractivity contribution in [3.8, 4) is 0 Å². The van der Waals surface area contributed by atoms with Crippen LogP contribution in [0.15, 0.2) is 79.1 Å². The Labute approximate surface area is 159 Å². The molecular formula is C21H19N5O. The predicted molar refractivity (Wildman–Crippen MR) is 109 cm³/mol. The summed E-state index contributed by atoms with van der Waals surface area (Å²) in [6, 6.07) is 19.0. The number of nitrogens with two attached hydrogens (primary N) is 1. The Morgan fingerprint density at radius 1 is 1.07 bits per heavy atom. The van der Waals surface area contributed by atoms with Crippen LogP contribution in [0.1, 0.15) is 8.30 Å². The Morgan fingerprint density at radius 3 is 2.74 bits per heavy atom. The number of rotatable bonds is 4. The summed E-state index contributed by atoms with van der Waals surface area (Å²) in [6.45, 7) is -1.84. The first kappa shape index (κ1) is 14.4. The summed E-state index contributed by atoms with van der Waals surface area (Å²) in [5.74, 6) is 0.253. The van der Waals surface area contributed by atoms with Gasteiger partial charge in [-0.2, -0.15) is 0 Å². The van der Waals surface area contributed by atoms with Gasteiger partial charge in [0.25, 0.3) is 0 Å². The SMILES string of the molecule is [2H]C([2H])(c1ccnc(N)c1)n1ccc2c(NC(=O)Nc3ccccc3)cccc21. The summed E-state index contributed by atoms with van der Waals surface area (Å²) in [7, 11) is 0. The van der Waals surface area contributed by atoms with Crippen LogP contribution in [0.3, 0.4) is 0 Å². The molecule has 4 N–H and O–H groups in total. The van der Waals surface area contributed by atoms with Crippen molar-refractivity contribution in [1.82, 2.24) is 9.55 Å². The van der Waals surface area contributed by atoms with Crippen molar-refractivity contribution in [2.45, 2.75) is 6.50 Å². The van der Waals surface area contributed by atoms with E-state index in [-0.39, 0.29) is 11.8 Å². The lowest BCUT2D eigenvalue weighted by atomic mass is 10.2. The number of hydrogen-bond acceptors (Lipinski definition) is 3. The van der Waals surface area contributed by atoms with Crippen LogP contribution in [0.5, 0.6) is 0 Å². The lowest BCUT2D eigenvalue weighted by molar-refractivity contribution is 0.262. The van der Waals surface area contributed by atoms with Gasteiger partial charge >= 0.3 is 6.03 Å². The summed E-state index contributed by atoms with van der Waals surface area (Å²) < 4.78 is 18.7. The molecular weight excluding hydrogens is 338 g/mol. The highest BCUT2D eigenvalue weighted by atomic mass is 16.2. The fourth-order valence-electron chi connectivity index (χ4n) is 2.84. The van der Waals surface area contributed by atoms with Gasteiger partial charge in [0.1, 0.15) is 5.82 Å². The predicted octanol–water partition coefficient (Wildman–Crippen LogP) is 4.31. The van der Waals surface area contributed by atoms with E-state index in [2.05, 4.69) is 15.6 Å². The molecule has 0 spiro atoms. The summed E-state index contributed by atoms with van der Waals surface area (Å²) in [6.07, 6.45) is 3.14. The van der Waals surface area contributed by atoms with Crippen molar-refractivity contribution in [3.63, 3.8) is 0 Å². The number of pyridine rings is 1. The molecule has 0 aliphatic rings. The number of fused-ring (bicyclic) bond motifs is 1. The third-order valence-electron chi connectivity index (χ3n) is 4.04. The number of aromatic nitrogens is 2. The van der Waals surface area contributed by atoms with Crippen LogP contribution in [0.25, 0.3) is 10.9 Å². The standard InChI is InChI=1S/C21H19N5O/c22-20-13-15(9-11-23-20)14-26-12-10-17-18(7-4-8-19(17)26)25-21(27)24-16-5-2-1-3-6-16/h1-13H,14H2,(H2,22,23)(H2,24,25,27)/i14D2. The molecule has 0 unspecified atom stereocenters. The second kappa shape index (κ2) is 7.21. The number of anilines is 3. The van der Waals surface area contributed by atoms with Gasteiger partial charge in [-0.3, -0.25) is 0 Å². The molecule has 4 aromatic rings. The minimum atomic E-state index is -1.84. The average Bonchev–Trinajstić information content (AvgIpc) is 3.15. The van der Waals surface area contributed by atoms with Crippen molar-refractivity contribution < 1.29 is 7.54 Å². The highest BCUT2D eigenvalue weighted by Crippen LogP contribution is 2.25. The molecule has 2 amide bonds. The van der Waals surface area contributed by atoms with Crippen molar-refractivity contribution in [3.05, 3.63) is 84.7 Å². The van der Waals surface area contributed by atoms with Crippen LogP contribution in [0.4, 0.5) is 22.0 Å². The number of nitrogens with zero attached hydrogens (tertiary/aromatic N) is 2. The maximum Gasteiger partial charge on any atom is 0.323 e. The van der Waals surface area contributed by atoms with E-state index in [0.717, 1.165) is 5.39 Å². The number of benzene rings is 2. The van der Waals surface area contributed by atoms with E-state index in [0.29, 0.717) is 22.5 Å². The van der Waals surface area contributed by atoms with Crippen LogP contribution in [-0.4, -0.2) is 15.6 Å². The Morgan fingerprint density at radius 2 is 1.93 bits per heavy atom. The number of nitrogens with one attached hydrogen (secondary N) is 2. The summed E-state index contributed by atoms with van der Waals surface area (Å²) >= 11 is 0. The maximum absolute atomic E-state index is 12.4. The first-order chi connectivity index (χ1) is 13.9. The van der Waals surface area contributed by atoms with Crippen LogP contribution in [-0.2, 0) is 6.50 Å². The lowest BCUT2D eigenvalue weighted by Gasteiger charge is -2.10. The molecule has 6 nitrogen and oxygen atoms in total. The van der Waals surface area contributed by atoms with E-state index >= 15 is 0 Å². The van der Waals surface area contributed by atoms with Gasteiger partial charge in [0.15, 0.2) is 0 Å². The molecule has 2 aromatic heterocycles. The van der Waals surface area contributed by atoms with E-state index in [1.54, 1.807) is 48.7 Å². The Bertz CT molecular complexity index is 1170. The highest BCUT2D eigenvalue weighted by molar-refractivity contribution is 6.05. The number of hydrogen-bond donors (Lipinski definition) is 3. The van der Waals surface area contributed by atoms with Gasteiger partial charge < -0.3 is 20.9 Å². The summed E-state index contributed by atoms with van der Waals surface area (Å²) in [4.78, 5) is 16.3. The van der Waals surface area contributed by atoms with Gasteiger partial charge in [0, 0.05) is 30.0 Å². The van der Waals surface area contributed by atoms with E-state index in [4.69, 9.17) is 8.48 Å². The van der Waals surface area contributed by atoms with E-state index in [1.165, 1.54) is 16.8 Å². The molecule has 27 heavy (non-hydrogen) atoms. The Kier molecular flexibility index (Phi) is 3.84. The van der Waals surface area contributed by atoms with Gasteiger partial charge in [-0.05, 0) is 48.0 Å². The molecule has 134 valence electrons. The number of para-hydroxylation sites is 1. The van der Waals surface area contributed by atoms with Crippen molar-refractivity contribution >= 4 is 34.1 Å². The minimum absolute atomic E-state index is 0.253. The van der Waals surface area contributed by atoms with Crippen LogP contribution in [0, 0.1) is 0 Å². The topological polar surface area (TPSA) is 85.0 Å².